The van der Waals surface area contributed by atoms with Crippen molar-refractivity contribution < 1.29 is 9.53 Å². The summed E-state index contributed by atoms with van der Waals surface area (Å²) in [6, 6.07) is 0.590. The first kappa shape index (κ1) is 17.4. The zero-order chi connectivity index (χ0) is 15.2. The first-order chi connectivity index (χ1) is 9.44. The molecule has 0 bridgehead atoms. The van der Waals surface area contributed by atoms with Crippen LogP contribution in [0.5, 0.6) is 0 Å². The first-order valence-corrected chi connectivity index (χ1v) is 8.11. The summed E-state index contributed by atoms with van der Waals surface area (Å²) in [4.78, 5) is 14.8. The van der Waals surface area contributed by atoms with Crippen LogP contribution in [-0.2, 0) is 9.53 Å². The van der Waals surface area contributed by atoms with Gasteiger partial charge in [0.2, 0.25) is 0 Å². The maximum absolute atomic E-state index is 12.3. The summed E-state index contributed by atoms with van der Waals surface area (Å²) in [5.74, 6) is 0.512. The molecule has 0 aromatic carbocycles. The number of hydrogen-bond acceptors (Lipinski definition) is 4. The Labute approximate surface area is 124 Å². The predicted octanol–water partition coefficient (Wildman–Crippen LogP) is 2.43. The fourth-order valence-electron chi connectivity index (χ4n) is 3.09. The molecule has 20 heavy (non-hydrogen) atoms. The molecule has 1 saturated heterocycles. The molecule has 1 heterocycles. The normalized spacial score (nSPS) is 23.0. The van der Waals surface area contributed by atoms with E-state index in [0.29, 0.717) is 18.6 Å². The smallest absolute Gasteiger partial charge is 0.327 e. The van der Waals surface area contributed by atoms with Crippen molar-refractivity contribution in [2.75, 3.05) is 26.2 Å². The van der Waals surface area contributed by atoms with Gasteiger partial charge in [0.25, 0.3) is 0 Å². The van der Waals surface area contributed by atoms with Gasteiger partial charge in [-0.1, -0.05) is 20.8 Å². The Bertz CT molecular complexity index is 307. The molecule has 0 spiro atoms. The molecule has 2 unspecified atom stereocenters. The third-order valence-corrected chi connectivity index (χ3v) is 4.19. The van der Waals surface area contributed by atoms with Crippen LogP contribution >= 0.6 is 0 Å². The average molecular weight is 284 g/mol. The molecule has 0 saturated carbocycles. The number of nitrogens with zero attached hydrogens (tertiary/aromatic N) is 1. The van der Waals surface area contributed by atoms with Crippen molar-refractivity contribution in [1.29, 1.82) is 0 Å². The van der Waals surface area contributed by atoms with Gasteiger partial charge in [0, 0.05) is 12.6 Å². The number of hydrogen-bond donors (Lipinski definition) is 1. The predicted molar refractivity (Wildman–Crippen MR) is 82.8 cm³/mol. The minimum Gasteiger partial charge on any atom is -0.465 e. The van der Waals surface area contributed by atoms with Crippen LogP contribution in [0.25, 0.3) is 0 Å². The number of carbonyl (C=O) groups excluding carboxylic acids is 1. The standard InChI is InChI=1S/C16H32N2O2/c1-6-10-17-16(5,15(19)20-7-2)12-18-11-8-9-14(18)13(3)4/h13-14,17H,6-12H2,1-5H3. The second kappa shape index (κ2) is 7.99. The van der Waals surface area contributed by atoms with E-state index in [2.05, 4.69) is 31.0 Å². The fourth-order valence-corrected chi connectivity index (χ4v) is 3.09. The van der Waals surface area contributed by atoms with Crippen LogP contribution in [0, 0.1) is 5.92 Å². The number of esters is 1. The Morgan fingerprint density at radius 2 is 2.15 bits per heavy atom. The van der Waals surface area contributed by atoms with Gasteiger partial charge in [-0.2, -0.15) is 0 Å². The number of nitrogens with one attached hydrogen (secondary N) is 1. The molecule has 0 amide bonds. The van der Waals surface area contributed by atoms with Crippen LogP contribution in [0.1, 0.15) is 53.9 Å². The van der Waals surface area contributed by atoms with Gasteiger partial charge in [-0.25, -0.2) is 0 Å². The summed E-state index contributed by atoms with van der Waals surface area (Å²) < 4.78 is 5.28. The van der Waals surface area contributed by atoms with Gasteiger partial charge in [0.1, 0.15) is 5.54 Å². The van der Waals surface area contributed by atoms with Crippen molar-refractivity contribution in [3.05, 3.63) is 0 Å². The molecule has 1 aliphatic heterocycles. The zero-order valence-electron chi connectivity index (χ0n) is 13.9. The topological polar surface area (TPSA) is 41.6 Å². The average Bonchev–Trinajstić information content (AvgIpc) is 2.84. The summed E-state index contributed by atoms with van der Waals surface area (Å²) in [6.45, 7) is 13.6. The molecule has 0 aromatic rings. The number of rotatable bonds is 8. The van der Waals surface area contributed by atoms with Crippen molar-refractivity contribution in [2.24, 2.45) is 5.92 Å². The maximum atomic E-state index is 12.3. The van der Waals surface area contributed by atoms with Gasteiger partial charge in [0.15, 0.2) is 0 Å². The Morgan fingerprint density at radius 1 is 1.45 bits per heavy atom. The highest BCUT2D eigenvalue weighted by Gasteiger charge is 2.39. The number of likely N-dealkylation sites (tertiary alicyclic amines) is 1. The molecule has 1 aliphatic rings. The Hall–Kier alpha value is -0.610. The van der Waals surface area contributed by atoms with E-state index in [1.807, 2.05) is 13.8 Å². The van der Waals surface area contributed by atoms with Crippen molar-refractivity contribution in [3.63, 3.8) is 0 Å². The Balaban J connectivity index is 2.75. The van der Waals surface area contributed by atoms with E-state index in [9.17, 15) is 4.79 Å². The Kier molecular flexibility index (Phi) is 6.96. The van der Waals surface area contributed by atoms with Gasteiger partial charge in [-0.3, -0.25) is 9.69 Å². The lowest BCUT2D eigenvalue weighted by molar-refractivity contribution is -0.151. The molecule has 2 atom stereocenters. The van der Waals surface area contributed by atoms with Crippen LogP contribution in [0.4, 0.5) is 0 Å². The van der Waals surface area contributed by atoms with Gasteiger partial charge < -0.3 is 10.1 Å². The minimum absolute atomic E-state index is 0.122. The zero-order valence-corrected chi connectivity index (χ0v) is 13.9. The molecule has 1 fully saturated rings. The van der Waals surface area contributed by atoms with E-state index in [4.69, 9.17) is 4.74 Å². The van der Waals surface area contributed by atoms with E-state index >= 15 is 0 Å². The third kappa shape index (κ3) is 4.45. The van der Waals surface area contributed by atoms with Crippen LogP contribution in [0.2, 0.25) is 0 Å². The lowest BCUT2D eigenvalue weighted by Crippen LogP contribution is -2.58. The van der Waals surface area contributed by atoms with Gasteiger partial charge in [-0.05, 0) is 52.1 Å². The van der Waals surface area contributed by atoms with E-state index in [1.54, 1.807) is 0 Å². The van der Waals surface area contributed by atoms with E-state index in [0.717, 1.165) is 26.1 Å². The number of carbonyl (C=O) groups is 1. The van der Waals surface area contributed by atoms with Crippen LogP contribution < -0.4 is 5.32 Å². The highest BCUT2D eigenvalue weighted by Crippen LogP contribution is 2.26. The largest absolute Gasteiger partial charge is 0.465 e. The molecule has 1 N–H and O–H groups in total. The van der Waals surface area contributed by atoms with E-state index in [-0.39, 0.29) is 5.97 Å². The van der Waals surface area contributed by atoms with Crippen molar-refractivity contribution in [3.8, 4) is 0 Å². The molecule has 0 aromatic heterocycles. The second-order valence-corrected chi connectivity index (χ2v) is 6.40. The highest BCUT2D eigenvalue weighted by molar-refractivity contribution is 5.80. The molecular weight excluding hydrogens is 252 g/mol. The van der Waals surface area contributed by atoms with Crippen LogP contribution in [-0.4, -0.2) is 48.7 Å². The quantitative estimate of drug-likeness (QED) is 0.695. The molecule has 4 heteroatoms. The second-order valence-electron chi connectivity index (χ2n) is 6.40. The maximum Gasteiger partial charge on any atom is 0.327 e. The van der Waals surface area contributed by atoms with Crippen molar-refractivity contribution >= 4 is 5.97 Å². The summed E-state index contributed by atoms with van der Waals surface area (Å²) >= 11 is 0. The Morgan fingerprint density at radius 3 is 2.70 bits per heavy atom. The SMILES string of the molecule is CCCNC(C)(CN1CCCC1C(C)C)C(=O)OCC. The minimum atomic E-state index is -0.594. The molecule has 0 radical (unpaired) electrons. The van der Waals surface area contributed by atoms with E-state index < -0.39 is 5.54 Å². The molecule has 118 valence electrons. The van der Waals surface area contributed by atoms with Crippen molar-refractivity contribution in [2.45, 2.75) is 65.5 Å². The van der Waals surface area contributed by atoms with Gasteiger partial charge in [-0.15, -0.1) is 0 Å². The van der Waals surface area contributed by atoms with E-state index in [1.165, 1.54) is 12.8 Å². The summed E-state index contributed by atoms with van der Waals surface area (Å²) in [5, 5.41) is 3.40. The number of ether oxygens (including phenoxy) is 1. The fraction of sp³-hybridized carbons (Fsp3) is 0.938. The molecule has 0 aliphatic carbocycles. The summed E-state index contributed by atoms with van der Waals surface area (Å²) in [7, 11) is 0. The van der Waals surface area contributed by atoms with Crippen molar-refractivity contribution in [1.82, 2.24) is 10.2 Å². The summed E-state index contributed by atoms with van der Waals surface area (Å²) in [6.07, 6.45) is 3.49. The first-order valence-electron chi connectivity index (χ1n) is 8.11. The molecule has 4 nitrogen and oxygen atoms in total. The lowest BCUT2D eigenvalue weighted by atomic mass is 9.97. The molecular formula is C16H32N2O2. The third-order valence-electron chi connectivity index (χ3n) is 4.19. The monoisotopic (exact) mass is 284 g/mol. The van der Waals surface area contributed by atoms with Crippen LogP contribution in [0.15, 0.2) is 0 Å². The van der Waals surface area contributed by atoms with Crippen LogP contribution in [0.3, 0.4) is 0 Å². The molecule has 1 rings (SSSR count). The highest BCUT2D eigenvalue weighted by atomic mass is 16.5. The lowest BCUT2D eigenvalue weighted by Gasteiger charge is -2.36. The van der Waals surface area contributed by atoms with Gasteiger partial charge in [0.05, 0.1) is 6.61 Å². The summed E-state index contributed by atoms with van der Waals surface area (Å²) in [5.41, 5.74) is -0.594. The van der Waals surface area contributed by atoms with Gasteiger partial charge >= 0.3 is 5.97 Å².